The summed E-state index contributed by atoms with van der Waals surface area (Å²) in [7, 11) is 0. The molecule has 184 valence electrons. The fourth-order valence-electron chi connectivity index (χ4n) is 4.78. The Kier molecular flexibility index (Phi) is 7.75. The molecule has 1 N–H and O–H groups in total. The molecular weight excluding hydrogens is 483 g/mol. The van der Waals surface area contributed by atoms with Crippen LogP contribution in [0.5, 0.6) is 5.75 Å². The number of ether oxygens (including phenoxy) is 2. The highest BCUT2D eigenvalue weighted by Crippen LogP contribution is 2.41. The number of hydrogen-bond donors (Lipinski definition) is 1. The number of rotatable bonds is 6. The molecule has 0 spiro atoms. The molecule has 2 unspecified atom stereocenters. The maximum Gasteiger partial charge on any atom is 0.308 e. The second-order valence-corrected chi connectivity index (χ2v) is 10.3. The van der Waals surface area contributed by atoms with Gasteiger partial charge in [-0.15, -0.1) is 0 Å². The zero-order valence-corrected chi connectivity index (χ0v) is 21.9. The molecule has 3 aromatic rings. The topological polar surface area (TPSA) is 55.8 Å². The van der Waals surface area contributed by atoms with Crippen molar-refractivity contribution in [3.63, 3.8) is 0 Å². The van der Waals surface area contributed by atoms with Crippen LogP contribution in [0.25, 0.3) is 0 Å². The van der Waals surface area contributed by atoms with Crippen LogP contribution in [-0.2, 0) is 9.53 Å². The molecule has 0 amide bonds. The van der Waals surface area contributed by atoms with Gasteiger partial charge >= 0.3 is 5.97 Å². The summed E-state index contributed by atoms with van der Waals surface area (Å²) >= 11 is 12.7. The summed E-state index contributed by atoms with van der Waals surface area (Å²) in [5.41, 5.74) is 7.28. The Labute approximate surface area is 216 Å². The van der Waals surface area contributed by atoms with E-state index in [1.165, 1.54) is 0 Å². The van der Waals surface area contributed by atoms with Gasteiger partial charge in [0, 0.05) is 27.9 Å². The van der Waals surface area contributed by atoms with E-state index < -0.39 is 18.2 Å². The average molecular weight is 513 g/mol. The van der Waals surface area contributed by atoms with Gasteiger partial charge in [-0.1, -0.05) is 65.2 Å². The Morgan fingerprint density at radius 3 is 2.09 bits per heavy atom. The number of carbonyl (C=O) groups excluding carboxylic acids is 1. The molecule has 1 aliphatic heterocycles. The molecule has 4 nitrogen and oxygen atoms in total. The highest BCUT2D eigenvalue weighted by Gasteiger charge is 2.29. The number of halogens is 2. The summed E-state index contributed by atoms with van der Waals surface area (Å²) in [5, 5.41) is 11.4. The molecule has 2 atom stereocenters. The van der Waals surface area contributed by atoms with Gasteiger partial charge in [-0.25, -0.2) is 0 Å². The summed E-state index contributed by atoms with van der Waals surface area (Å²) in [6.45, 7) is 8.25. The maximum atomic E-state index is 11.8. The molecule has 1 fully saturated rings. The zero-order valence-electron chi connectivity index (χ0n) is 20.4. The number of aliphatic hydroxyl groups excluding tert-OH is 1. The van der Waals surface area contributed by atoms with Crippen molar-refractivity contribution in [3.8, 4) is 5.75 Å². The minimum atomic E-state index is -0.703. The lowest BCUT2D eigenvalue weighted by Crippen LogP contribution is -2.36. The molecule has 1 aliphatic rings. The summed E-state index contributed by atoms with van der Waals surface area (Å²) in [4.78, 5) is 11.8. The number of carbonyl (C=O) groups is 1. The van der Waals surface area contributed by atoms with Crippen molar-refractivity contribution >= 4 is 29.2 Å². The maximum absolute atomic E-state index is 11.8. The molecule has 0 aromatic heterocycles. The van der Waals surface area contributed by atoms with Crippen LogP contribution in [0.1, 0.15) is 57.7 Å². The molecule has 0 saturated carbocycles. The molecule has 0 radical (unpaired) electrons. The number of hydrogen-bond acceptors (Lipinski definition) is 4. The number of aryl methyl sites for hydroxylation is 4. The van der Waals surface area contributed by atoms with E-state index in [1.807, 2.05) is 45.0 Å². The minimum absolute atomic E-state index is 0.0270. The van der Waals surface area contributed by atoms with Gasteiger partial charge in [-0.05, 0) is 67.6 Å². The summed E-state index contributed by atoms with van der Waals surface area (Å²) < 4.78 is 11.8. The Bertz CT molecular complexity index is 1200. The van der Waals surface area contributed by atoms with Crippen LogP contribution >= 0.6 is 23.2 Å². The Hall–Kier alpha value is -2.53. The van der Waals surface area contributed by atoms with Gasteiger partial charge in [0.15, 0.2) is 0 Å². The fourth-order valence-corrected chi connectivity index (χ4v) is 5.02. The van der Waals surface area contributed by atoms with E-state index in [0.29, 0.717) is 16.5 Å². The Morgan fingerprint density at radius 2 is 1.54 bits per heavy atom. The van der Waals surface area contributed by atoms with E-state index in [1.54, 1.807) is 0 Å². The number of aliphatic hydroxyl groups is 1. The van der Waals surface area contributed by atoms with Gasteiger partial charge in [0.05, 0.1) is 12.5 Å². The lowest BCUT2D eigenvalue weighted by molar-refractivity contribution is -0.162. The lowest BCUT2D eigenvalue weighted by Gasteiger charge is -2.28. The van der Waals surface area contributed by atoms with Crippen LogP contribution in [0.3, 0.4) is 0 Å². The summed E-state index contributed by atoms with van der Waals surface area (Å²) in [6.07, 6.45) is -0.805. The highest BCUT2D eigenvalue weighted by atomic mass is 35.5. The van der Waals surface area contributed by atoms with Crippen molar-refractivity contribution in [2.75, 3.05) is 6.61 Å². The third-order valence-electron chi connectivity index (χ3n) is 6.44. The molecule has 1 saturated heterocycles. The number of benzene rings is 3. The Morgan fingerprint density at radius 1 is 0.943 bits per heavy atom. The SMILES string of the molecule is Cc1cc(C)c(OCC2CC(O)CC(=O)O2)c(C(c2ccc(Cl)c(C)c2)c2ccc(Cl)c(C)c2)c1. The smallest absolute Gasteiger partial charge is 0.308 e. The second-order valence-electron chi connectivity index (χ2n) is 9.47. The molecule has 0 bridgehead atoms. The van der Waals surface area contributed by atoms with Crippen molar-refractivity contribution in [1.82, 2.24) is 0 Å². The van der Waals surface area contributed by atoms with Gasteiger partial charge in [0.1, 0.15) is 18.5 Å². The molecule has 0 aliphatic carbocycles. The highest BCUT2D eigenvalue weighted by molar-refractivity contribution is 6.31. The van der Waals surface area contributed by atoms with E-state index in [9.17, 15) is 9.90 Å². The Balaban J connectivity index is 1.81. The zero-order chi connectivity index (χ0) is 25.3. The average Bonchev–Trinajstić information content (AvgIpc) is 2.77. The second kappa shape index (κ2) is 10.6. The third-order valence-corrected chi connectivity index (χ3v) is 7.29. The first-order valence-electron chi connectivity index (χ1n) is 11.8. The minimum Gasteiger partial charge on any atom is -0.489 e. The predicted molar refractivity (Wildman–Crippen MR) is 140 cm³/mol. The third kappa shape index (κ3) is 5.83. The van der Waals surface area contributed by atoms with Crippen LogP contribution in [0.15, 0.2) is 48.5 Å². The largest absolute Gasteiger partial charge is 0.489 e. The van der Waals surface area contributed by atoms with Gasteiger partial charge in [0.25, 0.3) is 0 Å². The predicted octanol–water partition coefficient (Wildman–Crippen LogP) is 6.85. The van der Waals surface area contributed by atoms with Crippen molar-refractivity contribution in [2.24, 2.45) is 0 Å². The van der Waals surface area contributed by atoms with Crippen molar-refractivity contribution in [1.29, 1.82) is 0 Å². The van der Waals surface area contributed by atoms with Crippen LogP contribution in [0, 0.1) is 27.7 Å². The monoisotopic (exact) mass is 512 g/mol. The van der Waals surface area contributed by atoms with Gasteiger partial charge in [0.2, 0.25) is 0 Å². The molecule has 6 heteroatoms. The first kappa shape index (κ1) is 25.6. The standard InChI is InChI=1S/C29H30Cl2O4/c1-16-9-19(4)29(34-15-23-13-22(32)14-27(33)35-23)24(10-16)28(20-5-7-25(30)17(2)11-20)21-6-8-26(31)18(3)12-21/h5-12,22-23,28,32H,13-15H2,1-4H3. The summed E-state index contributed by atoms with van der Waals surface area (Å²) in [6, 6.07) is 16.4. The van der Waals surface area contributed by atoms with Gasteiger partial charge in [-0.2, -0.15) is 0 Å². The lowest BCUT2D eigenvalue weighted by atomic mass is 9.82. The molecule has 3 aromatic carbocycles. The summed E-state index contributed by atoms with van der Waals surface area (Å²) in [5.74, 6) is 0.219. The molecule has 1 heterocycles. The first-order chi connectivity index (χ1) is 16.6. The van der Waals surface area contributed by atoms with Crippen molar-refractivity contribution in [3.05, 3.63) is 97.5 Å². The van der Waals surface area contributed by atoms with Crippen LogP contribution in [0.2, 0.25) is 10.0 Å². The van der Waals surface area contributed by atoms with E-state index in [4.69, 9.17) is 32.7 Å². The molecule has 35 heavy (non-hydrogen) atoms. The molecule has 4 rings (SSSR count). The normalized spacial score (nSPS) is 18.0. The quantitative estimate of drug-likeness (QED) is 0.289. The van der Waals surface area contributed by atoms with E-state index >= 15 is 0 Å². The fraction of sp³-hybridized carbons (Fsp3) is 0.345. The molecular formula is C29H30Cl2O4. The van der Waals surface area contributed by atoms with E-state index in [0.717, 1.165) is 44.7 Å². The number of esters is 1. The van der Waals surface area contributed by atoms with Crippen LogP contribution in [0.4, 0.5) is 0 Å². The van der Waals surface area contributed by atoms with Crippen molar-refractivity contribution < 1.29 is 19.4 Å². The van der Waals surface area contributed by atoms with Gasteiger partial charge < -0.3 is 14.6 Å². The first-order valence-corrected chi connectivity index (χ1v) is 12.5. The van der Waals surface area contributed by atoms with Gasteiger partial charge in [-0.3, -0.25) is 4.79 Å². The van der Waals surface area contributed by atoms with E-state index in [-0.39, 0.29) is 18.9 Å². The van der Waals surface area contributed by atoms with E-state index in [2.05, 4.69) is 31.2 Å². The van der Waals surface area contributed by atoms with Crippen LogP contribution in [-0.4, -0.2) is 29.9 Å². The van der Waals surface area contributed by atoms with Crippen molar-refractivity contribution in [2.45, 2.75) is 58.7 Å². The van der Waals surface area contributed by atoms with Crippen LogP contribution < -0.4 is 4.74 Å². The number of cyclic esters (lactones) is 1.